The van der Waals surface area contributed by atoms with Crippen molar-refractivity contribution in [3.05, 3.63) is 28.5 Å². The van der Waals surface area contributed by atoms with Crippen LogP contribution in [0.4, 0.5) is 0 Å². The number of esters is 1. The molecule has 0 saturated heterocycles. The summed E-state index contributed by atoms with van der Waals surface area (Å²) in [6, 6.07) is 2.31. The van der Waals surface area contributed by atoms with Crippen LogP contribution in [-0.2, 0) is 25.5 Å². The number of rotatable bonds is 8. The van der Waals surface area contributed by atoms with Crippen LogP contribution in [0.3, 0.4) is 0 Å². The van der Waals surface area contributed by atoms with Gasteiger partial charge in [-0.1, -0.05) is 6.07 Å². The lowest BCUT2D eigenvalue weighted by molar-refractivity contribution is -0.144. The molecule has 8 heteroatoms. The van der Waals surface area contributed by atoms with Gasteiger partial charge < -0.3 is 15.2 Å². The fraction of sp³-hybridized carbons (Fsp3) is 0.429. The van der Waals surface area contributed by atoms with E-state index in [1.54, 1.807) is 25.3 Å². The largest absolute Gasteiger partial charge is 0.480 e. The van der Waals surface area contributed by atoms with Gasteiger partial charge in [-0.25, -0.2) is 9.78 Å². The second-order valence-electron chi connectivity index (χ2n) is 4.42. The smallest absolute Gasteiger partial charge is 0.326 e. The Balaban J connectivity index is 2.58. The number of carbonyl (C=O) groups excluding carboxylic acids is 2. The lowest BCUT2D eigenvalue weighted by atomic mass is 10.1. The Bertz CT molecular complexity index is 550. The summed E-state index contributed by atoms with van der Waals surface area (Å²) in [5.74, 6) is -2.15. The van der Waals surface area contributed by atoms with Gasteiger partial charge in [0.25, 0.3) is 0 Å². The van der Waals surface area contributed by atoms with Crippen LogP contribution in [0.25, 0.3) is 0 Å². The zero-order chi connectivity index (χ0) is 16.5. The number of nitrogens with one attached hydrogen (secondary N) is 1. The first-order chi connectivity index (χ1) is 10.4. The SMILES string of the molecule is CCOC(=O)CCC(=O)N[C@H](Cc1cccnc1Br)C(=O)O. The predicted octanol–water partition coefficient (Wildman–Crippen LogP) is 1.30. The Hall–Kier alpha value is -1.96. The van der Waals surface area contributed by atoms with Crippen LogP contribution in [-0.4, -0.2) is 40.6 Å². The minimum absolute atomic E-state index is 0.0808. The van der Waals surface area contributed by atoms with Gasteiger partial charge in [0.05, 0.1) is 13.0 Å². The van der Waals surface area contributed by atoms with Crippen LogP contribution in [0.1, 0.15) is 25.3 Å². The van der Waals surface area contributed by atoms with Crippen molar-refractivity contribution in [3.63, 3.8) is 0 Å². The highest BCUT2D eigenvalue weighted by Gasteiger charge is 2.22. The minimum atomic E-state index is -1.15. The molecule has 0 aromatic carbocycles. The molecule has 1 heterocycles. The van der Waals surface area contributed by atoms with Crippen LogP contribution < -0.4 is 5.32 Å². The van der Waals surface area contributed by atoms with Crippen molar-refractivity contribution >= 4 is 33.8 Å². The molecule has 0 bridgehead atoms. The summed E-state index contributed by atoms with van der Waals surface area (Å²) >= 11 is 3.23. The van der Waals surface area contributed by atoms with Crippen molar-refractivity contribution in [3.8, 4) is 0 Å². The number of pyridine rings is 1. The van der Waals surface area contributed by atoms with E-state index in [-0.39, 0.29) is 25.9 Å². The Morgan fingerprint density at radius 3 is 2.73 bits per heavy atom. The Labute approximate surface area is 136 Å². The molecular formula is C14H17BrN2O5. The summed E-state index contributed by atoms with van der Waals surface area (Å²) in [6.45, 7) is 1.91. The highest BCUT2D eigenvalue weighted by atomic mass is 79.9. The van der Waals surface area contributed by atoms with E-state index in [1.165, 1.54) is 0 Å². The highest BCUT2D eigenvalue weighted by Crippen LogP contribution is 2.14. The second-order valence-corrected chi connectivity index (χ2v) is 5.17. The molecule has 0 unspecified atom stereocenters. The predicted molar refractivity (Wildman–Crippen MR) is 81.1 cm³/mol. The Kier molecular flexibility index (Phi) is 7.51. The fourth-order valence-corrected chi connectivity index (χ4v) is 2.12. The van der Waals surface area contributed by atoms with Gasteiger partial charge in [0.1, 0.15) is 10.6 Å². The number of ether oxygens (including phenoxy) is 1. The summed E-state index contributed by atoms with van der Waals surface area (Å²) < 4.78 is 5.24. The van der Waals surface area contributed by atoms with E-state index < -0.39 is 23.9 Å². The van der Waals surface area contributed by atoms with Crippen LogP contribution in [0, 0.1) is 0 Å². The third-order valence-electron chi connectivity index (χ3n) is 2.76. The maximum absolute atomic E-state index is 11.7. The molecule has 1 rings (SSSR count). The zero-order valence-electron chi connectivity index (χ0n) is 12.0. The summed E-state index contributed by atoms with van der Waals surface area (Å²) in [7, 11) is 0. The van der Waals surface area contributed by atoms with E-state index in [2.05, 4.69) is 26.2 Å². The van der Waals surface area contributed by atoms with E-state index in [0.717, 1.165) is 0 Å². The fourth-order valence-electron chi connectivity index (χ4n) is 1.71. The number of hydrogen-bond acceptors (Lipinski definition) is 5. The van der Waals surface area contributed by atoms with Gasteiger partial charge in [-0.3, -0.25) is 9.59 Å². The Morgan fingerprint density at radius 1 is 1.41 bits per heavy atom. The number of aliphatic carboxylic acids is 1. The zero-order valence-corrected chi connectivity index (χ0v) is 13.6. The van der Waals surface area contributed by atoms with E-state index in [9.17, 15) is 19.5 Å². The van der Waals surface area contributed by atoms with Gasteiger partial charge in [0, 0.05) is 19.0 Å². The molecule has 1 aromatic heterocycles. The van der Waals surface area contributed by atoms with Crippen LogP contribution in [0.5, 0.6) is 0 Å². The molecule has 22 heavy (non-hydrogen) atoms. The molecule has 1 amide bonds. The molecule has 1 aromatic rings. The molecule has 0 spiro atoms. The first-order valence-electron chi connectivity index (χ1n) is 6.71. The molecule has 0 aliphatic heterocycles. The van der Waals surface area contributed by atoms with Crippen molar-refractivity contribution < 1.29 is 24.2 Å². The van der Waals surface area contributed by atoms with Gasteiger partial charge in [-0.05, 0) is 34.5 Å². The summed E-state index contributed by atoms with van der Waals surface area (Å²) in [5.41, 5.74) is 0.667. The standard InChI is InChI=1S/C14H17BrN2O5/c1-2-22-12(19)6-5-11(18)17-10(14(20)21)8-9-4-3-7-16-13(9)15/h3-4,7,10H,2,5-6,8H2,1H3,(H,17,18)(H,20,21)/t10-/m1/s1. The molecule has 0 fully saturated rings. The number of carbonyl (C=O) groups is 3. The number of aromatic nitrogens is 1. The number of carboxylic acid groups (broad SMARTS) is 1. The summed E-state index contributed by atoms with van der Waals surface area (Å²) in [4.78, 5) is 38.2. The molecule has 0 radical (unpaired) electrons. The maximum Gasteiger partial charge on any atom is 0.326 e. The number of carboxylic acids is 1. The second kappa shape index (κ2) is 9.14. The minimum Gasteiger partial charge on any atom is -0.480 e. The van der Waals surface area contributed by atoms with Crippen LogP contribution in [0.2, 0.25) is 0 Å². The number of amides is 1. The molecule has 0 aliphatic rings. The van der Waals surface area contributed by atoms with Crippen molar-refractivity contribution in [2.75, 3.05) is 6.61 Å². The number of hydrogen-bond donors (Lipinski definition) is 2. The lowest BCUT2D eigenvalue weighted by Crippen LogP contribution is -2.42. The van der Waals surface area contributed by atoms with Gasteiger partial charge in [-0.15, -0.1) is 0 Å². The summed E-state index contributed by atoms with van der Waals surface area (Å²) in [5, 5.41) is 11.6. The van der Waals surface area contributed by atoms with Gasteiger partial charge in [-0.2, -0.15) is 0 Å². The molecule has 0 aliphatic carbocycles. The van der Waals surface area contributed by atoms with Gasteiger partial charge >= 0.3 is 11.9 Å². The van der Waals surface area contributed by atoms with Crippen molar-refractivity contribution in [2.45, 2.75) is 32.2 Å². The van der Waals surface area contributed by atoms with Crippen molar-refractivity contribution in [1.82, 2.24) is 10.3 Å². The molecule has 1 atom stereocenters. The third kappa shape index (κ3) is 6.21. The van der Waals surface area contributed by atoms with Crippen LogP contribution in [0.15, 0.2) is 22.9 Å². The van der Waals surface area contributed by atoms with E-state index in [0.29, 0.717) is 10.2 Å². The first kappa shape index (κ1) is 18.1. The average molecular weight is 373 g/mol. The van der Waals surface area contributed by atoms with E-state index in [4.69, 9.17) is 4.74 Å². The average Bonchev–Trinajstić information content (AvgIpc) is 2.47. The van der Waals surface area contributed by atoms with Gasteiger partial charge in [0.15, 0.2) is 0 Å². The maximum atomic E-state index is 11.7. The van der Waals surface area contributed by atoms with Crippen LogP contribution >= 0.6 is 15.9 Å². The molecule has 2 N–H and O–H groups in total. The van der Waals surface area contributed by atoms with Gasteiger partial charge in [0.2, 0.25) is 5.91 Å². The third-order valence-corrected chi connectivity index (χ3v) is 3.47. The van der Waals surface area contributed by atoms with E-state index >= 15 is 0 Å². The molecular weight excluding hydrogens is 356 g/mol. The quantitative estimate of drug-likeness (QED) is 0.526. The van der Waals surface area contributed by atoms with Crippen molar-refractivity contribution in [1.29, 1.82) is 0 Å². The number of halogens is 1. The monoisotopic (exact) mass is 372 g/mol. The first-order valence-corrected chi connectivity index (χ1v) is 7.50. The van der Waals surface area contributed by atoms with Crippen molar-refractivity contribution in [2.24, 2.45) is 0 Å². The summed E-state index contributed by atoms with van der Waals surface area (Å²) in [6.07, 6.45) is 1.47. The normalized spacial score (nSPS) is 11.5. The topological polar surface area (TPSA) is 106 Å². The number of nitrogens with zero attached hydrogens (tertiary/aromatic N) is 1. The molecule has 120 valence electrons. The lowest BCUT2D eigenvalue weighted by Gasteiger charge is -2.15. The highest BCUT2D eigenvalue weighted by molar-refractivity contribution is 9.10. The molecule has 0 saturated carbocycles. The van der Waals surface area contributed by atoms with E-state index in [1.807, 2.05) is 0 Å². The molecule has 7 nitrogen and oxygen atoms in total. The Morgan fingerprint density at radius 2 is 2.14 bits per heavy atom.